The van der Waals surface area contributed by atoms with E-state index < -0.39 is 6.04 Å². The van der Waals surface area contributed by atoms with Gasteiger partial charge < -0.3 is 26.3 Å². The maximum atomic E-state index is 12.3. The van der Waals surface area contributed by atoms with Crippen LogP contribution in [0.4, 0.5) is 23.0 Å². The van der Waals surface area contributed by atoms with Crippen molar-refractivity contribution in [2.75, 3.05) is 43.9 Å². The summed E-state index contributed by atoms with van der Waals surface area (Å²) >= 11 is 0. The number of azo groups is 1. The summed E-state index contributed by atoms with van der Waals surface area (Å²) in [5.74, 6) is -0.143. The standard InChI is InChI=1S/C20H25N7O4/c1-13(21)20(29)24-17-7-6-15(19(22)23-17)26-25-14-4-2-3-5-16(14)31-18(28)12-27-8-10-30-11-9-27/h2-7,13H,8-12,21H2,1H3,(H3,22,23,24,29)/b26-25+/t13-/m0/s1. The Labute approximate surface area is 179 Å². The van der Waals surface area contributed by atoms with Crippen molar-refractivity contribution in [3.63, 3.8) is 0 Å². The Morgan fingerprint density at radius 1 is 1.19 bits per heavy atom. The summed E-state index contributed by atoms with van der Waals surface area (Å²) in [6.45, 7) is 4.29. The summed E-state index contributed by atoms with van der Waals surface area (Å²) < 4.78 is 10.7. The van der Waals surface area contributed by atoms with E-state index in [0.717, 1.165) is 0 Å². The molecule has 1 aliphatic rings. The molecule has 3 rings (SSSR count). The number of morpholine rings is 1. The molecule has 2 aromatic rings. The van der Waals surface area contributed by atoms with Gasteiger partial charge in [0.15, 0.2) is 11.6 Å². The lowest BCUT2D eigenvalue weighted by molar-refractivity contribution is -0.136. The van der Waals surface area contributed by atoms with Crippen LogP contribution in [0.15, 0.2) is 46.6 Å². The van der Waals surface area contributed by atoms with Crippen molar-refractivity contribution in [3.05, 3.63) is 36.4 Å². The highest BCUT2D eigenvalue weighted by molar-refractivity contribution is 5.93. The number of amides is 1. The number of anilines is 2. The number of rotatable bonds is 7. The SMILES string of the molecule is C[C@H](N)C(=O)Nc1ccc(/N=N/c2ccccc2OC(=O)CN2CCOCC2)c(N)n1. The number of nitrogens with two attached hydrogens (primary N) is 2. The van der Waals surface area contributed by atoms with Crippen molar-refractivity contribution in [1.29, 1.82) is 0 Å². The van der Waals surface area contributed by atoms with Gasteiger partial charge in [0.2, 0.25) is 5.91 Å². The van der Waals surface area contributed by atoms with Gasteiger partial charge in [-0.1, -0.05) is 12.1 Å². The number of ether oxygens (including phenoxy) is 2. The predicted molar refractivity (Wildman–Crippen MR) is 114 cm³/mol. The van der Waals surface area contributed by atoms with Gasteiger partial charge in [0.05, 0.1) is 25.8 Å². The molecular formula is C20H25N7O4. The minimum atomic E-state index is -0.676. The van der Waals surface area contributed by atoms with Crippen LogP contribution in [0.5, 0.6) is 5.75 Å². The topological polar surface area (TPSA) is 158 Å². The number of hydrogen-bond acceptors (Lipinski definition) is 10. The van der Waals surface area contributed by atoms with Gasteiger partial charge in [-0.3, -0.25) is 14.5 Å². The van der Waals surface area contributed by atoms with Gasteiger partial charge in [0, 0.05) is 13.1 Å². The summed E-state index contributed by atoms with van der Waals surface area (Å²) in [6, 6.07) is 9.23. The van der Waals surface area contributed by atoms with E-state index in [1.54, 1.807) is 43.3 Å². The van der Waals surface area contributed by atoms with E-state index in [2.05, 4.69) is 20.5 Å². The normalized spacial score (nSPS) is 15.5. The van der Waals surface area contributed by atoms with Crippen LogP contribution in [0, 0.1) is 0 Å². The molecule has 0 saturated carbocycles. The third-order valence-corrected chi connectivity index (χ3v) is 4.38. The number of hydrogen-bond donors (Lipinski definition) is 3. The fourth-order valence-electron chi connectivity index (χ4n) is 2.69. The van der Waals surface area contributed by atoms with Gasteiger partial charge in [0.25, 0.3) is 0 Å². The molecule has 1 fully saturated rings. The molecule has 5 N–H and O–H groups in total. The molecule has 0 aliphatic carbocycles. The number of nitrogens with zero attached hydrogens (tertiary/aromatic N) is 4. The van der Waals surface area contributed by atoms with Crippen molar-refractivity contribution in [3.8, 4) is 5.75 Å². The first-order chi connectivity index (χ1) is 14.9. The maximum Gasteiger partial charge on any atom is 0.325 e. The van der Waals surface area contributed by atoms with Gasteiger partial charge in [-0.15, -0.1) is 10.2 Å². The Balaban J connectivity index is 1.67. The van der Waals surface area contributed by atoms with Gasteiger partial charge >= 0.3 is 5.97 Å². The molecule has 31 heavy (non-hydrogen) atoms. The molecule has 1 aliphatic heterocycles. The van der Waals surface area contributed by atoms with E-state index >= 15 is 0 Å². The number of nitrogen functional groups attached to an aromatic ring is 1. The first kappa shape index (κ1) is 22.3. The van der Waals surface area contributed by atoms with Crippen LogP contribution in [-0.4, -0.2) is 60.7 Å². The Morgan fingerprint density at radius 2 is 1.90 bits per heavy atom. The van der Waals surface area contributed by atoms with Gasteiger partial charge in [-0.25, -0.2) is 4.98 Å². The molecule has 0 unspecified atom stereocenters. The summed E-state index contributed by atoms with van der Waals surface area (Å²) in [4.78, 5) is 30.0. The van der Waals surface area contributed by atoms with Crippen LogP contribution < -0.4 is 21.5 Å². The zero-order valence-electron chi connectivity index (χ0n) is 17.2. The van der Waals surface area contributed by atoms with Crippen LogP contribution in [0.25, 0.3) is 0 Å². The molecule has 1 amide bonds. The van der Waals surface area contributed by atoms with Crippen molar-refractivity contribution >= 4 is 34.9 Å². The second-order valence-corrected chi connectivity index (χ2v) is 6.91. The molecule has 2 heterocycles. The molecule has 0 spiro atoms. The van der Waals surface area contributed by atoms with Crippen LogP contribution in [0.3, 0.4) is 0 Å². The molecule has 1 aromatic heterocycles. The van der Waals surface area contributed by atoms with Crippen LogP contribution >= 0.6 is 0 Å². The highest BCUT2D eigenvalue weighted by Gasteiger charge is 2.17. The van der Waals surface area contributed by atoms with Crippen molar-refractivity contribution in [2.24, 2.45) is 16.0 Å². The quantitative estimate of drug-likeness (QED) is 0.341. The molecule has 11 heteroatoms. The lowest BCUT2D eigenvalue weighted by Gasteiger charge is -2.25. The number of nitrogens with one attached hydrogen (secondary N) is 1. The summed E-state index contributed by atoms with van der Waals surface area (Å²) in [5.41, 5.74) is 12.1. The molecule has 1 aromatic carbocycles. The molecule has 0 radical (unpaired) electrons. The van der Waals surface area contributed by atoms with Crippen molar-refractivity contribution in [1.82, 2.24) is 9.88 Å². The number of pyridine rings is 1. The molecular weight excluding hydrogens is 402 g/mol. The molecule has 164 valence electrons. The molecule has 11 nitrogen and oxygen atoms in total. The smallest absolute Gasteiger partial charge is 0.325 e. The van der Waals surface area contributed by atoms with E-state index in [1.165, 1.54) is 0 Å². The fraction of sp³-hybridized carbons (Fsp3) is 0.350. The fourth-order valence-corrected chi connectivity index (χ4v) is 2.69. The zero-order valence-corrected chi connectivity index (χ0v) is 17.2. The first-order valence-corrected chi connectivity index (χ1v) is 9.77. The van der Waals surface area contributed by atoms with Crippen molar-refractivity contribution < 1.29 is 19.1 Å². The maximum absolute atomic E-state index is 12.3. The van der Waals surface area contributed by atoms with E-state index in [1.807, 2.05) is 4.90 Å². The van der Waals surface area contributed by atoms with E-state index in [9.17, 15) is 9.59 Å². The summed E-state index contributed by atoms with van der Waals surface area (Å²) in [6.07, 6.45) is 0. The first-order valence-electron chi connectivity index (χ1n) is 9.77. The van der Waals surface area contributed by atoms with Crippen LogP contribution in [-0.2, 0) is 14.3 Å². The van der Waals surface area contributed by atoms with Gasteiger partial charge in [-0.05, 0) is 31.2 Å². The minimum Gasteiger partial charge on any atom is -0.423 e. The molecule has 1 saturated heterocycles. The van der Waals surface area contributed by atoms with Gasteiger partial charge in [0.1, 0.15) is 17.2 Å². The predicted octanol–water partition coefficient (Wildman–Crippen LogP) is 1.60. The lowest BCUT2D eigenvalue weighted by atomic mass is 10.3. The second kappa shape index (κ2) is 10.6. The largest absolute Gasteiger partial charge is 0.423 e. The van der Waals surface area contributed by atoms with Gasteiger partial charge in [-0.2, -0.15) is 0 Å². The Hall–Kier alpha value is -3.41. The third-order valence-electron chi connectivity index (χ3n) is 4.38. The highest BCUT2D eigenvalue weighted by Crippen LogP contribution is 2.30. The molecule has 0 bridgehead atoms. The Morgan fingerprint density at radius 3 is 2.61 bits per heavy atom. The number of esters is 1. The average molecular weight is 427 g/mol. The minimum absolute atomic E-state index is 0.0769. The van der Waals surface area contributed by atoms with E-state index in [-0.39, 0.29) is 35.8 Å². The van der Waals surface area contributed by atoms with Crippen LogP contribution in [0.1, 0.15) is 6.92 Å². The number of benzene rings is 1. The second-order valence-electron chi connectivity index (χ2n) is 6.91. The summed E-state index contributed by atoms with van der Waals surface area (Å²) in [7, 11) is 0. The molecule has 1 atom stereocenters. The third kappa shape index (κ3) is 6.54. The number of aromatic nitrogens is 1. The van der Waals surface area contributed by atoms with Crippen LogP contribution in [0.2, 0.25) is 0 Å². The number of carbonyl (C=O) groups is 2. The van der Waals surface area contributed by atoms with E-state index in [4.69, 9.17) is 20.9 Å². The Bertz CT molecular complexity index is 958. The monoisotopic (exact) mass is 427 g/mol. The highest BCUT2D eigenvalue weighted by atomic mass is 16.5. The average Bonchev–Trinajstić information content (AvgIpc) is 2.74. The number of para-hydroxylation sites is 1. The number of carbonyl (C=O) groups excluding carboxylic acids is 2. The van der Waals surface area contributed by atoms with E-state index in [0.29, 0.717) is 37.7 Å². The van der Waals surface area contributed by atoms with Crippen molar-refractivity contribution in [2.45, 2.75) is 13.0 Å². The Kier molecular flexibility index (Phi) is 7.60. The lowest BCUT2D eigenvalue weighted by Crippen LogP contribution is -2.40. The summed E-state index contributed by atoms with van der Waals surface area (Å²) in [5, 5.41) is 10.8. The zero-order chi connectivity index (χ0) is 22.2.